The highest BCUT2D eigenvalue weighted by molar-refractivity contribution is 5.53. The predicted octanol–water partition coefficient (Wildman–Crippen LogP) is 1.89. The maximum absolute atomic E-state index is 11.0. The van der Waals surface area contributed by atoms with E-state index in [-0.39, 0.29) is 16.0 Å². The van der Waals surface area contributed by atoms with Gasteiger partial charge in [-0.25, -0.2) is 0 Å². The second kappa shape index (κ2) is 3.31. The molecule has 0 heterocycles. The lowest BCUT2D eigenvalue weighted by molar-refractivity contribution is -0.386. The van der Waals surface area contributed by atoms with E-state index >= 15 is 0 Å². The van der Waals surface area contributed by atoms with Crippen LogP contribution in [0, 0.1) is 17.0 Å². The predicted molar refractivity (Wildman–Crippen MR) is 57.8 cm³/mol. The Balaban J connectivity index is 2.56. The van der Waals surface area contributed by atoms with Crippen molar-refractivity contribution in [2.45, 2.75) is 25.2 Å². The van der Waals surface area contributed by atoms with Crippen LogP contribution in [0.4, 0.5) is 5.69 Å². The fraction of sp³-hybridized carbons (Fsp3) is 0.455. The molecular weight excluding hydrogens is 192 g/mol. The number of nitro groups is 1. The molecule has 1 saturated carbocycles. The van der Waals surface area contributed by atoms with E-state index in [4.69, 9.17) is 5.73 Å². The van der Waals surface area contributed by atoms with Gasteiger partial charge in [0.05, 0.1) is 4.92 Å². The molecule has 2 N–H and O–H groups in total. The minimum absolute atomic E-state index is 0.117. The lowest BCUT2D eigenvalue weighted by atomic mass is 9.92. The van der Waals surface area contributed by atoms with Crippen molar-refractivity contribution in [1.82, 2.24) is 0 Å². The molecule has 0 spiro atoms. The van der Waals surface area contributed by atoms with E-state index in [1.807, 2.05) is 12.1 Å². The molecule has 0 bridgehead atoms. The Kier molecular flexibility index (Phi) is 2.23. The van der Waals surface area contributed by atoms with E-state index in [9.17, 15) is 10.1 Å². The van der Waals surface area contributed by atoms with Gasteiger partial charge in [0.25, 0.3) is 5.69 Å². The highest BCUT2D eigenvalue weighted by Gasteiger charge is 2.47. The van der Waals surface area contributed by atoms with Gasteiger partial charge in [0.15, 0.2) is 0 Å². The molecule has 1 aliphatic rings. The summed E-state index contributed by atoms with van der Waals surface area (Å²) in [4.78, 5) is 10.7. The molecule has 15 heavy (non-hydrogen) atoms. The van der Waals surface area contributed by atoms with Gasteiger partial charge in [-0.1, -0.05) is 18.2 Å². The maximum atomic E-state index is 11.0. The van der Waals surface area contributed by atoms with Crippen molar-refractivity contribution < 1.29 is 4.92 Å². The number of hydrogen-bond donors (Lipinski definition) is 1. The Morgan fingerprint density at radius 1 is 1.53 bits per heavy atom. The number of para-hydroxylation sites is 1. The summed E-state index contributed by atoms with van der Waals surface area (Å²) in [5.74, 6) is 0. The van der Waals surface area contributed by atoms with Crippen LogP contribution in [-0.4, -0.2) is 11.5 Å². The van der Waals surface area contributed by atoms with Crippen molar-refractivity contribution in [2.24, 2.45) is 5.73 Å². The van der Waals surface area contributed by atoms with Gasteiger partial charge in [-0.3, -0.25) is 10.1 Å². The van der Waals surface area contributed by atoms with Gasteiger partial charge in [-0.15, -0.1) is 0 Å². The third-order valence-electron chi connectivity index (χ3n) is 3.24. The maximum Gasteiger partial charge on any atom is 0.276 e. The van der Waals surface area contributed by atoms with Gasteiger partial charge < -0.3 is 5.73 Å². The van der Waals surface area contributed by atoms with Crippen LogP contribution in [0.1, 0.15) is 24.0 Å². The Labute approximate surface area is 88.2 Å². The summed E-state index contributed by atoms with van der Waals surface area (Å²) in [6.07, 6.45) is 1.93. The molecule has 4 heteroatoms. The SMILES string of the molecule is Cc1cccc(C2(CN)CC2)c1[N+](=O)[O-]. The smallest absolute Gasteiger partial charge is 0.276 e. The molecule has 0 aromatic heterocycles. The zero-order valence-electron chi connectivity index (χ0n) is 8.69. The number of hydrogen-bond acceptors (Lipinski definition) is 3. The largest absolute Gasteiger partial charge is 0.330 e. The zero-order valence-corrected chi connectivity index (χ0v) is 8.69. The lowest BCUT2D eigenvalue weighted by Crippen LogP contribution is -2.21. The summed E-state index contributed by atoms with van der Waals surface area (Å²) in [7, 11) is 0. The first-order chi connectivity index (χ1) is 7.10. The first kappa shape index (κ1) is 10.1. The van der Waals surface area contributed by atoms with Gasteiger partial charge >= 0.3 is 0 Å². The Morgan fingerprint density at radius 3 is 2.67 bits per heavy atom. The molecule has 0 unspecified atom stereocenters. The van der Waals surface area contributed by atoms with E-state index in [0.717, 1.165) is 24.0 Å². The van der Waals surface area contributed by atoms with Gasteiger partial charge in [0.1, 0.15) is 0 Å². The molecule has 1 aliphatic carbocycles. The molecule has 1 aromatic carbocycles. The summed E-state index contributed by atoms with van der Waals surface area (Å²) in [5, 5.41) is 11.0. The zero-order chi connectivity index (χ0) is 11.1. The topological polar surface area (TPSA) is 69.2 Å². The molecule has 2 rings (SSSR count). The van der Waals surface area contributed by atoms with Gasteiger partial charge in [-0.05, 0) is 19.8 Å². The van der Waals surface area contributed by atoms with Gasteiger partial charge in [-0.2, -0.15) is 0 Å². The number of rotatable bonds is 3. The number of nitro benzene ring substituents is 1. The average Bonchev–Trinajstić information content (AvgIpc) is 2.97. The molecule has 0 amide bonds. The van der Waals surface area contributed by atoms with Crippen LogP contribution in [0.2, 0.25) is 0 Å². The van der Waals surface area contributed by atoms with E-state index in [0.29, 0.717) is 6.54 Å². The number of aryl methyl sites for hydroxylation is 1. The van der Waals surface area contributed by atoms with Crippen LogP contribution >= 0.6 is 0 Å². The minimum Gasteiger partial charge on any atom is -0.330 e. The number of nitrogens with zero attached hydrogens (tertiary/aromatic N) is 1. The van der Waals surface area contributed by atoms with E-state index < -0.39 is 0 Å². The summed E-state index contributed by atoms with van der Waals surface area (Å²) in [6.45, 7) is 2.27. The standard InChI is InChI=1S/C11H14N2O2/c1-8-3-2-4-9(10(8)13(14)15)11(7-12)5-6-11/h2-4H,5-7,12H2,1H3. The highest BCUT2D eigenvalue weighted by Crippen LogP contribution is 2.50. The molecule has 80 valence electrons. The van der Waals surface area contributed by atoms with E-state index in [1.165, 1.54) is 0 Å². The molecule has 0 saturated heterocycles. The van der Waals surface area contributed by atoms with Crippen LogP contribution in [0.25, 0.3) is 0 Å². The van der Waals surface area contributed by atoms with Crippen molar-refractivity contribution in [3.8, 4) is 0 Å². The summed E-state index contributed by atoms with van der Waals surface area (Å²) < 4.78 is 0. The third kappa shape index (κ3) is 1.51. The van der Waals surface area contributed by atoms with E-state index in [2.05, 4.69) is 0 Å². The van der Waals surface area contributed by atoms with Crippen LogP contribution in [0.3, 0.4) is 0 Å². The normalized spacial score (nSPS) is 17.5. The quantitative estimate of drug-likeness (QED) is 0.606. The van der Waals surface area contributed by atoms with Crippen molar-refractivity contribution >= 4 is 5.69 Å². The molecule has 4 nitrogen and oxygen atoms in total. The van der Waals surface area contributed by atoms with E-state index in [1.54, 1.807) is 13.0 Å². The Hall–Kier alpha value is -1.42. The minimum atomic E-state index is -0.291. The van der Waals surface area contributed by atoms with Crippen LogP contribution in [0.5, 0.6) is 0 Å². The van der Waals surface area contributed by atoms with Crippen molar-refractivity contribution in [3.63, 3.8) is 0 Å². The fourth-order valence-electron chi connectivity index (χ4n) is 2.06. The third-order valence-corrected chi connectivity index (χ3v) is 3.24. The fourth-order valence-corrected chi connectivity index (χ4v) is 2.06. The van der Waals surface area contributed by atoms with Crippen LogP contribution in [0.15, 0.2) is 18.2 Å². The van der Waals surface area contributed by atoms with Crippen LogP contribution < -0.4 is 5.73 Å². The van der Waals surface area contributed by atoms with Crippen molar-refractivity contribution in [2.75, 3.05) is 6.54 Å². The lowest BCUT2D eigenvalue weighted by Gasteiger charge is -2.13. The molecular formula is C11H14N2O2. The second-order valence-electron chi connectivity index (χ2n) is 4.21. The number of benzene rings is 1. The van der Waals surface area contributed by atoms with Gasteiger partial charge in [0.2, 0.25) is 0 Å². The van der Waals surface area contributed by atoms with Crippen LogP contribution in [-0.2, 0) is 5.41 Å². The number of nitrogens with two attached hydrogens (primary N) is 1. The van der Waals surface area contributed by atoms with Crippen molar-refractivity contribution in [3.05, 3.63) is 39.4 Å². The molecule has 0 aliphatic heterocycles. The molecule has 0 radical (unpaired) electrons. The first-order valence-electron chi connectivity index (χ1n) is 5.05. The van der Waals surface area contributed by atoms with Crippen molar-refractivity contribution in [1.29, 1.82) is 0 Å². The first-order valence-corrected chi connectivity index (χ1v) is 5.05. The monoisotopic (exact) mass is 206 g/mol. The molecule has 0 atom stereocenters. The summed E-state index contributed by atoms with van der Waals surface area (Å²) in [6, 6.07) is 5.48. The molecule has 1 aromatic rings. The Morgan fingerprint density at radius 2 is 2.20 bits per heavy atom. The average molecular weight is 206 g/mol. The second-order valence-corrected chi connectivity index (χ2v) is 4.21. The highest BCUT2D eigenvalue weighted by atomic mass is 16.6. The Bertz CT molecular complexity index is 411. The molecule has 1 fully saturated rings. The summed E-state index contributed by atoms with van der Waals surface area (Å²) >= 11 is 0. The van der Waals surface area contributed by atoms with Gasteiger partial charge in [0, 0.05) is 23.1 Å². The summed E-state index contributed by atoms with van der Waals surface area (Å²) in [5.41, 5.74) is 7.37.